The molecule has 0 aliphatic carbocycles. The Kier molecular flexibility index (Phi) is 6.58. The van der Waals surface area contributed by atoms with E-state index in [1.165, 1.54) is 11.8 Å². The van der Waals surface area contributed by atoms with Crippen molar-refractivity contribution >= 4 is 39.6 Å². The number of hydrogen-bond acceptors (Lipinski definition) is 5. The van der Waals surface area contributed by atoms with Gasteiger partial charge in [-0.1, -0.05) is 43.8 Å². The summed E-state index contributed by atoms with van der Waals surface area (Å²) >= 11 is 3.10. The third-order valence-corrected chi connectivity index (χ3v) is 5.51. The second kappa shape index (κ2) is 8.44. The lowest BCUT2D eigenvalue weighted by Crippen LogP contribution is -2.02. The summed E-state index contributed by atoms with van der Waals surface area (Å²) in [5, 5.41) is 1.25. The van der Waals surface area contributed by atoms with Gasteiger partial charge in [-0.3, -0.25) is 4.79 Å². The molecular formula is C17H20O3S2. The lowest BCUT2D eigenvalue weighted by Gasteiger charge is -2.05. The Morgan fingerprint density at radius 1 is 1.18 bits per heavy atom. The van der Waals surface area contributed by atoms with E-state index in [0.29, 0.717) is 5.58 Å². The van der Waals surface area contributed by atoms with Crippen LogP contribution >= 0.6 is 23.5 Å². The molecule has 0 atom stereocenters. The molecule has 0 spiro atoms. The number of rotatable bonds is 7. The summed E-state index contributed by atoms with van der Waals surface area (Å²) in [6.45, 7) is 3.86. The first kappa shape index (κ1) is 17.2. The number of thioether (sulfide) groups is 2. The van der Waals surface area contributed by atoms with Crippen molar-refractivity contribution in [2.45, 2.75) is 31.6 Å². The molecule has 118 valence electrons. The molecule has 1 heterocycles. The lowest BCUT2D eigenvalue weighted by atomic mass is 10.2. The molecule has 1 aromatic heterocycles. The fraction of sp³-hybridized carbons (Fsp3) is 0.412. The van der Waals surface area contributed by atoms with Crippen molar-refractivity contribution in [3.63, 3.8) is 0 Å². The largest absolute Gasteiger partial charge is 0.423 e. The van der Waals surface area contributed by atoms with Gasteiger partial charge in [-0.25, -0.2) is 4.79 Å². The van der Waals surface area contributed by atoms with Crippen LogP contribution in [0.25, 0.3) is 11.0 Å². The molecule has 3 nitrogen and oxygen atoms in total. The Balaban J connectivity index is 1.83. The van der Waals surface area contributed by atoms with E-state index < -0.39 is 0 Å². The smallest absolute Gasteiger partial charge is 0.337 e. The van der Waals surface area contributed by atoms with E-state index in [2.05, 4.69) is 0 Å². The van der Waals surface area contributed by atoms with Gasteiger partial charge in [-0.05, 0) is 24.7 Å². The lowest BCUT2D eigenvalue weighted by molar-refractivity contribution is -0.113. The van der Waals surface area contributed by atoms with E-state index in [-0.39, 0.29) is 16.7 Å². The zero-order valence-corrected chi connectivity index (χ0v) is 14.5. The number of carbonyl (C=O) groups excluding carboxylic acids is 1. The van der Waals surface area contributed by atoms with E-state index in [0.717, 1.165) is 34.6 Å². The molecule has 0 aliphatic rings. The quantitative estimate of drug-likeness (QED) is 0.421. The van der Waals surface area contributed by atoms with Crippen LogP contribution in [0.5, 0.6) is 0 Å². The van der Waals surface area contributed by atoms with Gasteiger partial charge in [-0.15, -0.1) is 11.8 Å². The van der Waals surface area contributed by atoms with Crippen molar-refractivity contribution in [2.24, 2.45) is 5.92 Å². The summed E-state index contributed by atoms with van der Waals surface area (Å²) < 4.78 is 5.19. The van der Waals surface area contributed by atoms with Gasteiger partial charge in [-0.2, -0.15) is 0 Å². The zero-order chi connectivity index (χ0) is 15.9. The minimum absolute atomic E-state index is 0.106. The van der Waals surface area contributed by atoms with Crippen LogP contribution in [0.15, 0.2) is 44.4 Å². The summed E-state index contributed by atoms with van der Waals surface area (Å²) in [6.07, 6.45) is 2.03. The van der Waals surface area contributed by atoms with E-state index in [1.807, 2.05) is 38.1 Å². The number of fused-ring (bicyclic) bond motifs is 1. The van der Waals surface area contributed by atoms with Gasteiger partial charge >= 0.3 is 5.63 Å². The Morgan fingerprint density at radius 2 is 1.91 bits per heavy atom. The van der Waals surface area contributed by atoms with Crippen LogP contribution in [0.3, 0.4) is 0 Å². The highest BCUT2D eigenvalue weighted by molar-refractivity contribution is 8.13. The van der Waals surface area contributed by atoms with Gasteiger partial charge in [0.05, 0.1) is 0 Å². The van der Waals surface area contributed by atoms with Crippen LogP contribution < -0.4 is 5.63 Å². The molecule has 0 N–H and O–H groups in total. The Bertz CT molecular complexity index is 692. The highest BCUT2D eigenvalue weighted by Crippen LogP contribution is 2.27. The van der Waals surface area contributed by atoms with Gasteiger partial charge < -0.3 is 4.42 Å². The molecule has 2 aromatic rings. The molecule has 0 bridgehead atoms. The van der Waals surface area contributed by atoms with E-state index in [9.17, 15) is 9.59 Å². The molecule has 0 radical (unpaired) electrons. The maximum Gasteiger partial charge on any atom is 0.337 e. The van der Waals surface area contributed by atoms with E-state index in [1.54, 1.807) is 17.8 Å². The van der Waals surface area contributed by atoms with Gasteiger partial charge in [0, 0.05) is 28.0 Å². The maximum absolute atomic E-state index is 11.6. The molecule has 2 rings (SSSR count). The second-order valence-corrected chi connectivity index (χ2v) is 7.54. The van der Waals surface area contributed by atoms with Crippen LogP contribution in [0.2, 0.25) is 0 Å². The normalized spacial score (nSPS) is 11.2. The van der Waals surface area contributed by atoms with E-state index in [4.69, 9.17) is 4.42 Å². The number of unbranched alkanes of at least 4 members (excludes halogenated alkanes) is 1. The second-order valence-electron chi connectivity index (χ2n) is 5.30. The summed E-state index contributed by atoms with van der Waals surface area (Å²) in [5.74, 6) is 1.91. The molecule has 0 aliphatic heterocycles. The minimum Gasteiger partial charge on any atom is -0.423 e. The van der Waals surface area contributed by atoms with Crippen LogP contribution in [0, 0.1) is 5.92 Å². The van der Waals surface area contributed by atoms with Gasteiger partial charge in [0.1, 0.15) is 5.58 Å². The maximum atomic E-state index is 11.6. The molecule has 5 heteroatoms. The van der Waals surface area contributed by atoms with Crippen molar-refractivity contribution in [3.05, 3.63) is 40.8 Å². The van der Waals surface area contributed by atoms with Gasteiger partial charge in [0.2, 0.25) is 0 Å². The number of para-hydroxylation sites is 1. The van der Waals surface area contributed by atoms with Crippen molar-refractivity contribution in [3.8, 4) is 0 Å². The van der Waals surface area contributed by atoms with Crippen LogP contribution in [-0.4, -0.2) is 16.6 Å². The average Bonchev–Trinajstić information content (AvgIpc) is 2.49. The van der Waals surface area contributed by atoms with Crippen molar-refractivity contribution < 1.29 is 9.21 Å². The predicted molar refractivity (Wildman–Crippen MR) is 94.7 cm³/mol. The fourth-order valence-corrected chi connectivity index (χ4v) is 3.88. The Labute approximate surface area is 138 Å². The minimum atomic E-state index is -0.306. The number of hydrogen-bond donors (Lipinski definition) is 0. The first-order valence-electron chi connectivity index (χ1n) is 7.40. The Morgan fingerprint density at radius 3 is 2.68 bits per heavy atom. The van der Waals surface area contributed by atoms with E-state index >= 15 is 0 Å². The molecule has 0 unspecified atom stereocenters. The molecule has 0 fully saturated rings. The van der Waals surface area contributed by atoms with Gasteiger partial charge in [0.15, 0.2) is 5.12 Å². The fourth-order valence-electron chi connectivity index (χ4n) is 1.93. The molecule has 22 heavy (non-hydrogen) atoms. The monoisotopic (exact) mass is 336 g/mol. The number of benzene rings is 1. The number of carbonyl (C=O) groups is 1. The third-order valence-electron chi connectivity index (χ3n) is 3.12. The predicted octanol–water partition coefficient (Wildman–Crippen LogP) is 4.58. The SMILES string of the molecule is CC(C)C(=O)SCCCCSc1cc(=O)oc2ccccc12. The third kappa shape index (κ3) is 4.92. The zero-order valence-electron chi connectivity index (χ0n) is 12.8. The van der Waals surface area contributed by atoms with Crippen LogP contribution in [0.4, 0.5) is 0 Å². The topological polar surface area (TPSA) is 47.3 Å². The molecular weight excluding hydrogens is 316 g/mol. The van der Waals surface area contributed by atoms with Crippen molar-refractivity contribution in [1.82, 2.24) is 0 Å². The molecule has 0 saturated carbocycles. The summed E-state index contributed by atoms with van der Waals surface area (Å²) in [4.78, 5) is 24.0. The highest BCUT2D eigenvalue weighted by Gasteiger charge is 2.08. The first-order valence-corrected chi connectivity index (χ1v) is 9.37. The van der Waals surface area contributed by atoms with Crippen LogP contribution in [-0.2, 0) is 4.79 Å². The summed E-state index contributed by atoms with van der Waals surface area (Å²) in [7, 11) is 0. The molecule has 0 saturated heterocycles. The van der Waals surface area contributed by atoms with Crippen molar-refractivity contribution in [2.75, 3.05) is 11.5 Å². The standard InChI is InChI=1S/C17H20O3S2/c1-12(2)17(19)22-10-6-5-9-21-15-11-16(18)20-14-8-4-3-7-13(14)15/h3-4,7-8,11-12H,5-6,9-10H2,1-2H3. The Hall–Kier alpha value is -1.20. The summed E-state index contributed by atoms with van der Waals surface area (Å²) in [5.41, 5.74) is 0.329. The van der Waals surface area contributed by atoms with Gasteiger partial charge in [0.25, 0.3) is 0 Å². The molecule has 0 amide bonds. The summed E-state index contributed by atoms with van der Waals surface area (Å²) in [6, 6.07) is 9.15. The molecule has 1 aromatic carbocycles. The van der Waals surface area contributed by atoms with Crippen LogP contribution in [0.1, 0.15) is 26.7 Å². The average molecular weight is 336 g/mol. The van der Waals surface area contributed by atoms with Crippen molar-refractivity contribution in [1.29, 1.82) is 0 Å². The highest BCUT2D eigenvalue weighted by atomic mass is 32.2. The first-order chi connectivity index (χ1) is 10.6.